The maximum absolute atomic E-state index is 12.7. The number of anilines is 1. The Morgan fingerprint density at radius 1 is 1.13 bits per heavy atom. The zero-order valence-electron chi connectivity index (χ0n) is 17.3. The van der Waals surface area contributed by atoms with Crippen molar-refractivity contribution in [3.05, 3.63) is 64.3 Å². The highest BCUT2D eigenvalue weighted by Crippen LogP contribution is 2.42. The number of aromatic nitrogens is 4. The van der Waals surface area contributed by atoms with E-state index < -0.39 is 0 Å². The minimum Gasteiger partial charge on any atom is -0.497 e. The summed E-state index contributed by atoms with van der Waals surface area (Å²) < 4.78 is 7.09. The number of piperidine rings is 1. The summed E-state index contributed by atoms with van der Waals surface area (Å²) in [6.45, 7) is 0.903. The van der Waals surface area contributed by atoms with Gasteiger partial charge in [-0.25, -0.2) is 15.0 Å². The molecule has 1 saturated heterocycles. The molecule has 154 valence electrons. The van der Waals surface area contributed by atoms with E-state index in [-0.39, 0.29) is 5.56 Å². The van der Waals surface area contributed by atoms with E-state index in [4.69, 9.17) is 9.72 Å². The second-order valence-electron chi connectivity index (χ2n) is 8.05. The van der Waals surface area contributed by atoms with Crippen molar-refractivity contribution < 1.29 is 4.74 Å². The van der Waals surface area contributed by atoms with E-state index in [1.807, 2.05) is 0 Å². The highest BCUT2D eigenvalue weighted by atomic mass is 16.5. The Morgan fingerprint density at radius 3 is 2.83 bits per heavy atom. The summed E-state index contributed by atoms with van der Waals surface area (Å²) in [7, 11) is 3.52. The van der Waals surface area contributed by atoms with Gasteiger partial charge in [0.05, 0.1) is 18.5 Å². The molecule has 3 heterocycles. The molecule has 3 aromatic rings. The molecule has 2 atom stereocenters. The molecule has 0 bridgehead atoms. The molecule has 0 saturated carbocycles. The van der Waals surface area contributed by atoms with Crippen molar-refractivity contribution in [1.29, 1.82) is 0 Å². The topological polar surface area (TPSA) is 73.1 Å². The SMILES string of the molecule is COc1ccc2c(c1)CC[C@H]1[C@H]2CCCN1c1nc(-c2ccncn2)cc(=O)n1C. The molecular formula is C23H25N5O2. The van der Waals surface area contributed by atoms with Crippen molar-refractivity contribution in [3.63, 3.8) is 0 Å². The zero-order chi connectivity index (χ0) is 20.7. The lowest BCUT2D eigenvalue weighted by molar-refractivity contribution is 0.356. The zero-order valence-corrected chi connectivity index (χ0v) is 17.3. The van der Waals surface area contributed by atoms with E-state index in [0.29, 0.717) is 23.3 Å². The third-order valence-corrected chi connectivity index (χ3v) is 6.45. The third kappa shape index (κ3) is 3.14. The Hall–Kier alpha value is -3.22. The number of hydrogen-bond donors (Lipinski definition) is 0. The van der Waals surface area contributed by atoms with Crippen molar-refractivity contribution in [2.24, 2.45) is 7.05 Å². The number of aryl methyl sites for hydroxylation is 1. The summed E-state index contributed by atoms with van der Waals surface area (Å²) in [4.78, 5) is 28.2. The molecule has 5 rings (SSSR count). The summed E-state index contributed by atoms with van der Waals surface area (Å²) >= 11 is 0. The summed E-state index contributed by atoms with van der Waals surface area (Å²) in [6, 6.07) is 10.1. The maximum Gasteiger partial charge on any atom is 0.255 e. The van der Waals surface area contributed by atoms with Gasteiger partial charge in [-0.3, -0.25) is 9.36 Å². The van der Waals surface area contributed by atoms with Gasteiger partial charge in [-0.2, -0.15) is 0 Å². The minimum atomic E-state index is -0.0725. The van der Waals surface area contributed by atoms with Crippen LogP contribution in [0.4, 0.5) is 5.95 Å². The summed E-state index contributed by atoms with van der Waals surface area (Å²) in [5.41, 5.74) is 3.98. The predicted molar refractivity (Wildman–Crippen MR) is 115 cm³/mol. The van der Waals surface area contributed by atoms with Crippen molar-refractivity contribution in [3.8, 4) is 17.1 Å². The van der Waals surface area contributed by atoms with Crippen LogP contribution < -0.4 is 15.2 Å². The second-order valence-corrected chi connectivity index (χ2v) is 8.05. The van der Waals surface area contributed by atoms with E-state index >= 15 is 0 Å². The van der Waals surface area contributed by atoms with Crippen LogP contribution in [0, 0.1) is 0 Å². The lowest BCUT2D eigenvalue weighted by Crippen LogP contribution is -2.48. The lowest BCUT2D eigenvalue weighted by Gasteiger charge is -2.45. The van der Waals surface area contributed by atoms with Crippen molar-refractivity contribution >= 4 is 5.95 Å². The standard InChI is InChI=1S/C23H25N5O2/c1-27-22(29)13-20(19-9-10-24-14-25-19)26-23(27)28-11-3-4-18-17-7-6-16(30-2)12-15(17)5-8-21(18)28/h6-7,9-10,12-14,18,21H,3-5,8,11H2,1-2H3/t18-,21-/m0/s1. The molecule has 0 unspecified atom stereocenters. The monoisotopic (exact) mass is 403 g/mol. The molecule has 2 aromatic heterocycles. The first kappa shape index (κ1) is 18.8. The van der Waals surface area contributed by atoms with Gasteiger partial charge in [0.15, 0.2) is 0 Å². The summed E-state index contributed by atoms with van der Waals surface area (Å²) in [5, 5.41) is 0. The van der Waals surface area contributed by atoms with Gasteiger partial charge in [-0.15, -0.1) is 0 Å². The first-order valence-electron chi connectivity index (χ1n) is 10.4. The van der Waals surface area contributed by atoms with E-state index in [1.165, 1.54) is 17.5 Å². The fourth-order valence-electron chi connectivity index (χ4n) is 4.97. The Balaban J connectivity index is 1.55. The Bertz CT molecular complexity index is 1130. The van der Waals surface area contributed by atoms with Crippen LogP contribution in [-0.2, 0) is 13.5 Å². The van der Waals surface area contributed by atoms with Crippen LogP contribution in [0.5, 0.6) is 5.75 Å². The molecule has 0 radical (unpaired) electrons. The van der Waals surface area contributed by atoms with Crippen LogP contribution >= 0.6 is 0 Å². The Kier molecular flexibility index (Phi) is 4.73. The number of rotatable bonds is 3. The van der Waals surface area contributed by atoms with Gasteiger partial charge in [0.2, 0.25) is 5.95 Å². The third-order valence-electron chi connectivity index (χ3n) is 6.45. The van der Waals surface area contributed by atoms with Crippen LogP contribution in [0.3, 0.4) is 0 Å². The van der Waals surface area contributed by atoms with E-state index in [1.54, 1.807) is 37.1 Å². The fourth-order valence-corrected chi connectivity index (χ4v) is 4.97. The maximum atomic E-state index is 12.7. The number of ether oxygens (including phenoxy) is 1. The molecule has 0 amide bonds. The Labute approximate surface area is 175 Å². The molecule has 1 aliphatic carbocycles. The molecule has 1 fully saturated rings. The average Bonchev–Trinajstić information content (AvgIpc) is 2.80. The number of benzene rings is 1. The van der Waals surface area contributed by atoms with Gasteiger partial charge < -0.3 is 9.64 Å². The largest absolute Gasteiger partial charge is 0.497 e. The van der Waals surface area contributed by atoms with Crippen molar-refractivity contribution in [2.45, 2.75) is 37.6 Å². The van der Waals surface area contributed by atoms with Gasteiger partial charge in [0.25, 0.3) is 5.56 Å². The molecule has 7 nitrogen and oxygen atoms in total. The van der Waals surface area contributed by atoms with Crippen LogP contribution in [0.1, 0.15) is 36.3 Å². The molecule has 2 aliphatic rings. The van der Waals surface area contributed by atoms with Crippen LogP contribution in [-0.4, -0.2) is 39.2 Å². The molecule has 1 aliphatic heterocycles. The van der Waals surface area contributed by atoms with Crippen LogP contribution in [0.2, 0.25) is 0 Å². The first-order valence-corrected chi connectivity index (χ1v) is 10.4. The number of methoxy groups -OCH3 is 1. The van der Waals surface area contributed by atoms with E-state index in [0.717, 1.165) is 43.9 Å². The number of fused-ring (bicyclic) bond motifs is 3. The molecular weight excluding hydrogens is 378 g/mol. The van der Waals surface area contributed by atoms with E-state index in [9.17, 15) is 4.79 Å². The highest BCUT2D eigenvalue weighted by molar-refractivity contribution is 5.56. The Morgan fingerprint density at radius 2 is 2.03 bits per heavy atom. The quantitative estimate of drug-likeness (QED) is 0.670. The van der Waals surface area contributed by atoms with Gasteiger partial charge in [-0.1, -0.05) is 6.07 Å². The van der Waals surface area contributed by atoms with Crippen molar-refractivity contribution in [1.82, 2.24) is 19.5 Å². The minimum absolute atomic E-state index is 0.0725. The summed E-state index contributed by atoms with van der Waals surface area (Å²) in [5.74, 6) is 2.08. The van der Waals surface area contributed by atoms with Gasteiger partial charge in [0, 0.05) is 37.8 Å². The number of hydrogen-bond acceptors (Lipinski definition) is 6. The van der Waals surface area contributed by atoms with Gasteiger partial charge in [-0.05, 0) is 55.0 Å². The molecule has 0 spiro atoms. The van der Waals surface area contributed by atoms with E-state index in [2.05, 4.69) is 33.1 Å². The summed E-state index contributed by atoms with van der Waals surface area (Å²) in [6.07, 6.45) is 7.42. The molecule has 7 heteroatoms. The van der Waals surface area contributed by atoms with Gasteiger partial charge >= 0.3 is 0 Å². The second kappa shape index (κ2) is 7.55. The van der Waals surface area contributed by atoms with Gasteiger partial charge in [0.1, 0.15) is 12.1 Å². The molecule has 1 aromatic carbocycles. The van der Waals surface area contributed by atoms with Crippen LogP contribution in [0.15, 0.2) is 47.7 Å². The number of nitrogens with zero attached hydrogens (tertiary/aromatic N) is 5. The fraction of sp³-hybridized carbons (Fsp3) is 0.391. The highest BCUT2D eigenvalue weighted by Gasteiger charge is 2.38. The normalized spacial score (nSPS) is 20.4. The van der Waals surface area contributed by atoms with Crippen molar-refractivity contribution in [2.75, 3.05) is 18.6 Å². The molecule has 30 heavy (non-hydrogen) atoms. The molecule has 0 N–H and O–H groups in total. The predicted octanol–water partition coefficient (Wildman–Crippen LogP) is 2.94. The lowest BCUT2D eigenvalue weighted by atomic mass is 9.74. The average molecular weight is 403 g/mol. The van der Waals surface area contributed by atoms with Crippen LogP contribution in [0.25, 0.3) is 11.4 Å². The first-order chi connectivity index (χ1) is 14.7. The smallest absolute Gasteiger partial charge is 0.255 e.